The topological polar surface area (TPSA) is 47.0 Å². The molecule has 1 heterocycles. The summed E-state index contributed by atoms with van der Waals surface area (Å²) >= 11 is 0. The van der Waals surface area contributed by atoms with Crippen molar-refractivity contribution in [2.75, 3.05) is 26.8 Å². The van der Waals surface area contributed by atoms with Gasteiger partial charge in [-0.25, -0.2) is 9.97 Å². The Hall–Kier alpha value is -1.00. The Bertz CT molecular complexity index is 384. The molecule has 1 aromatic heterocycles. The molecule has 0 spiro atoms. The highest BCUT2D eigenvalue weighted by Crippen LogP contribution is 2.21. The van der Waals surface area contributed by atoms with Gasteiger partial charge in [-0.15, -0.1) is 0 Å². The van der Waals surface area contributed by atoms with Crippen LogP contribution in [-0.2, 0) is 11.2 Å². The van der Waals surface area contributed by atoms with Crippen LogP contribution in [0.5, 0.6) is 0 Å². The molecule has 20 heavy (non-hydrogen) atoms. The van der Waals surface area contributed by atoms with E-state index in [0.29, 0.717) is 5.92 Å². The number of nitrogens with zero attached hydrogens (tertiary/aromatic N) is 2. The molecular weight excluding hydrogens is 250 g/mol. The predicted molar refractivity (Wildman–Crippen MR) is 83.3 cm³/mol. The first kappa shape index (κ1) is 17.1. The van der Waals surface area contributed by atoms with E-state index in [1.165, 1.54) is 12.0 Å². The minimum Gasteiger partial charge on any atom is -0.383 e. The molecule has 0 radical (unpaired) electrons. The summed E-state index contributed by atoms with van der Waals surface area (Å²) < 4.78 is 5.04. The summed E-state index contributed by atoms with van der Waals surface area (Å²) in [5.74, 6) is 1.41. The number of hydrogen-bond donors (Lipinski definition) is 1. The molecule has 0 amide bonds. The summed E-state index contributed by atoms with van der Waals surface area (Å²) in [4.78, 5) is 9.35. The van der Waals surface area contributed by atoms with Crippen molar-refractivity contribution in [3.8, 4) is 0 Å². The molecular formula is C16H29N3O. The molecule has 1 unspecified atom stereocenters. The summed E-state index contributed by atoms with van der Waals surface area (Å²) in [7, 11) is 1.72. The molecule has 4 nitrogen and oxygen atoms in total. The SMILES string of the molecule is CCCCc1nc(C)c(C(C)CNCCOC)c(C)n1. The second-order valence-electron chi connectivity index (χ2n) is 5.43. The molecule has 0 aromatic carbocycles. The second-order valence-corrected chi connectivity index (χ2v) is 5.43. The first-order valence-electron chi connectivity index (χ1n) is 7.63. The van der Waals surface area contributed by atoms with Crippen LogP contribution < -0.4 is 5.32 Å². The third-order valence-electron chi connectivity index (χ3n) is 3.55. The maximum absolute atomic E-state index is 5.04. The lowest BCUT2D eigenvalue weighted by molar-refractivity contribution is 0.199. The fraction of sp³-hybridized carbons (Fsp3) is 0.750. The fourth-order valence-corrected chi connectivity index (χ4v) is 2.55. The van der Waals surface area contributed by atoms with Crippen molar-refractivity contribution in [3.63, 3.8) is 0 Å². The van der Waals surface area contributed by atoms with Crippen molar-refractivity contribution in [1.29, 1.82) is 0 Å². The monoisotopic (exact) mass is 279 g/mol. The van der Waals surface area contributed by atoms with E-state index in [4.69, 9.17) is 4.74 Å². The fourth-order valence-electron chi connectivity index (χ4n) is 2.55. The highest BCUT2D eigenvalue weighted by molar-refractivity contribution is 5.28. The number of aryl methyl sites for hydroxylation is 3. The highest BCUT2D eigenvalue weighted by atomic mass is 16.5. The molecule has 1 N–H and O–H groups in total. The number of methoxy groups -OCH3 is 1. The van der Waals surface area contributed by atoms with Gasteiger partial charge in [0.15, 0.2) is 0 Å². The van der Waals surface area contributed by atoms with Crippen LogP contribution in [0, 0.1) is 13.8 Å². The minimum absolute atomic E-state index is 0.423. The molecule has 0 saturated heterocycles. The van der Waals surface area contributed by atoms with Gasteiger partial charge in [0.2, 0.25) is 0 Å². The Morgan fingerprint density at radius 2 is 1.85 bits per heavy atom. The summed E-state index contributed by atoms with van der Waals surface area (Å²) in [5, 5.41) is 3.41. The number of hydrogen-bond acceptors (Lipinski definition) is 4. The first-order chi connectivity index (χ1) is 9.60. The van der Waals surface area contributed by atoms with Crippen molar-refractivity contribution < 1.29 is 4.74 Å². The lowest BCUT2D eigenvalue weighted by Gasteiger charge is -2.18. The van der Waals surface area contributed by atoms with E-state index >= 15 is 0 Å². The maximum atomic E-state index is 5.04. The average molecular weight is 279 g/mol. The Labute approximate surface area is 123 Å². The average Bonchev–Trinajstić information content (AvgIpc) is 2.40. The van der Waals surface area contributed by atoms with E-state index in [1.54, 1.807) is 7.11 Å². The van der Waals surface area contributed by atoms with Gasteiger partial charge >= 0.3 is 0 Å². The molecule has 4 heteroatoms. The molecule has 114 valence electrons. The number of nitrogens with one attached hydrogen (secondary N) is 1. The van der Waals surface area contributed by atoms with Crippen LogP contribution in [0.2, 0.25) is 0 Å². The molecule has 1 rings (SSSR count). The van der Waals surface area contributed by atoms with Crippen molar-refractivity contribution in [1.82, 2.24) is 15.3 Å². The number of unbranched alkanes of at least 4 members (excludes halogenated alkanes) is 1. The Kier molecular flexibility index (Phi) is 7.70. The summed E-state index contributed by atoms with van der Waals surface area (Å²) in [5.41, 5.74) is 3.55. The van der Waals surface area contributed by atoms with Crippen LogP contribution in [0.1, 0.15) is 55.4 Å². The minimum atomic E-state index is 0.423. The molecule has 0 bridgehead atoms. The van der Waals surface area contributed by atoms with Gasteiger partial charge in [-0.05, 0) is 31.7 Å². The van der Waals surface area contributed by atoms with Gasteiger partial charge in [0.05, 0.1) is 6.61 Å². The van der Waals surface area contributed by atoms with Crippen molar-refractivity contribution in [2.45, 2.75) is 52.9 Å². The van der Waals surface area contributed by atoms with Crippen molar-refractivity contribution >= 4 is 0 Å². The van der Waals surface area contributed by atoms with Gasteiger partial charge in [0, 0.05) is 38.0 Å². The van der Waals surface area contributed by atoms with Crippen LogP contribution >= 0.6 is 0 Å². The van der Waals surface area contributed by atoms with E-state index in [0.717, 1.165) is 49.8 Å². The summed E-state index contributed by atoms with van der Waals surface area (Å²) in [6.45, 7) is 11.2. The molecule has 0 aliphatic heterocycles. The van der Waals surface area contributed by atoms with Crippen LogP contribution in [0.15, 0.2) is 0 Å². The molecule has 0 fully saturated rings. The van der Waals surface area contributed by atoms with E-state index in [-0.39, 0.29) is 0 Å². The van der Waals surface area contributed by atoms with Crippen molar-refractivity contribution in [3.05, 3.63) is 22.8 Å². The molecule has 1 aromatic rings. The van der Waals surface area contributed by atoms with Gasteiger partial charge in [0.25, 0.3) is 0 Å². The largest absolute Gasteiger partial charge is 0.383 e. The summed E-state index contributed by atoms with van der Waals surface area (Å²) in [6, 6.07) is 0. The number of ether oxygens (including phenoxy) is 1. The standard InChI is InChI=1S/C16H29N3O/c1-6-7-8-15-18-13(3)16(14(4)19-15)12(2)11-17-9-10-20-5/h12,17H,6-11H2,1-5H3. The van der Waals surface area contributed by atoms with Crippen LogP contribution in [0.3, 0.4) is 0 Å². The van der Waals surface area contributed by atoms with Crippen LogP contribution in [-0.4, -0.2) is 36.8 Å². The lowest BCUT2D eigenvalue weighted by Crippen LogP contribution is -2.25. The van der Waals surface area contributed by atoms with E-state index in [1.807, 2.05) is 0 Å². The van der Waals surface area contributed by atoms with Gasteiger partial charge in [-0.1, -0.05) is 20.3 Å². The predicted octanol–water partition coefficient (Wildman–Crippen LogP) is 2.78. The summed E-state index contributed by atoms with van der Waals surface area (Å²) in [6.07, 6.45) is 3.33. The van der Waals surface area contributed by atoms with E-state index in [9.17, 15) is 0 Å². The zero-order valence-electron chi connectivity index (χ0n) is 13.6. The quantitative estimate of drug-likeness (QED) is 0.706. The Morgan fingerprint density at radius 3 is 2.40 bits per heavy atom. The molecule has 1 atom stereocenters. The van der Waals surface area contributed by atoms with E-state index in [2.05, 4.69) is 43.0 Å². The second kappa shape index (κ2) is 9.03. The van der Waals surface area contributed by atoms with Crippen LogP contribution in [0.4, 0.5) is 0 Å². The third-order valence-corrected chi connectivity index (χ3v) is 3.55. The smallest absolute Gasteiger partial charge is 0.128 e. The number of aromatic nitrogens is 2. The third kappa shape index (κ3) is 5.17. The Balaban J connectivity index is 2.69. The van der Waals surface area contributed by atoms with Crippen molar-refractivity contribution in [2.24, 2.45) is 0 Å². The zero-order chi connectivity index (χ0) is 15.0. The van der Waals surface area contributed by atoms with Gasteiger partial charge in [0.1, 0.15) is 5.82 Å². The lowest BCUT2D eigenvalue weighted by atomic mass is 9.98. The highest BCUT2D eigenvalue weighted by Gasteiger charge is 2.14. The van der Waals surface area contributed by atoms with Gasteiger partial charge in [-0.2, -0.15) is 0 Å². The van der Waals surface area contributed by atoms with Crippen LogP contribution in [0.25, 0.3) is 0 Å². The zero-order valence-corrected chi connectivity index (χ0v) is 13.6. The maximum Gasteiger partial charge on any atom is 0.128 e. The number of rotatable bonds is 9. The van der Waals surface area contributed by atoms with E-state index < -0.39 is 0 Å². The normalized spacial score (nSPS) is 12.7. The molecule has 0 saturated carbocycles. The van der Waals surface area contributed by atoms with Gasteiger partial charge in [-0.3, -0.25) is 0 Å². The Morgan fingerprint density at radius 1 is 1.20 bits per heavy atom. The molecule has 0 aliphatic carbocycles. The first-order valence-corrected chi connectivity index (χ1v) is 7.63. The van der Waals surface area contributed by atoms with Gasteiger partial charge < -0.3 is 10.1 Å². The molecule has 0 aliphatic rings.